The van der Waals surface area contributed by atoms with Crippen molar-refractivity contribution in [1.29, 1.82) is 0 Å². The smallest absolute Gasteiger partial charge is 0.114 e. The molecule has 1 atom stereocenters. The quantitative estimate of drug-likeness (QED) is 0.590. The number of ether oxygens (including phenoxy) is 1. The summed E-state index contributed by atoms with van der Waals surface area (Å²) in [5.41, 5.74) is 6.73. The summed E-state index contributed by atoms with van der Waals surface area (Å²) in [5, 5.41) is 0. The Labute approximate surface area is 97.3 Å². The van der Waals surface area contributed by atoms with Crippen LogP contribution in [0.25, 0.3) is 0 Å². The van der Waals surface area contributed by atoms with Gasteiger partial charge in [0.05, 0.1) is 6.61 Å². The summed E-state index contributed by atoms with van der Waals surface area (Å²) in [6.07, 6.45) is 4.05. The number of rotatable bonds is 6. The second-order valence-corrected chi connectivity index (χ2v) is 4.39. The van der Waals surface area contributed by atoms with E-state index < -0.39 is 0 Å². The summed E-state index contributed by atoms with van der Waals surface area (Å²) >= 11 is 0. The first kappa shape index (κ1) is 12.9. The predicted octanol–water partition coefficient (Wildman–Crippen LogP) is 2.14. The summed E-state index contributed by atoms with van der Waals surface area (Å²) in [4.78, 5) is 4.22. The molecule has 0 saturated carbocycles. The normalized spacial score (nSPS) is 13.4. The van der Waals surface area contributed by atoms with Gasteiger partial charge < -0.3 is 10.5 Å². The number of hydrogen-bond donors (Lipinski definition) is 1. The van der Waals surface area contributed by atoms with Crippen molar-refractivity contribution < 1.29 is 4.74 Å². The molecule has 0 amide bonds. The zero-order valence-electron chi connectivity index (χ0n) is 10.0. The van der Waals surface area contributed by atoms with Gasteiger partial charge in [-0.15, -0.1) is 6.58 Å². The van der Waals surface area contributed by atoms with Crippen molar-refractivity contribution in [3.63, 3.8) is 0 Å². The van der Waals surface area contributed by atoms with Crippen molar-refractivity contribution in [3.8, 4) is 0 Å². The average Bonchev–Trinajstić information content (AvgIpc) is 2.30. The average molecular weight is 220 g/mol. The van der Waals surface area contributed by atoms with Gasteiger partial charge in [0, 0.05) is 23.7 Å². The lowest BCUT2D eigenvalue weighted by atomic mass is 9.92. The molecule has 0 aromatic carbocycles. The summed E-state index contributed by atoms with van der Waals surface area (Å²) in [6, 6.07) is 5.85. The molecule has 0 aliphatic carbocycles. The highest BCUT2D eigenvalue weighted by molar-refractivity contribution is 5.03. The number of aromatic nitrogens is 1. The third kappa shape index (κ3) is 3.76. The molecule has 88 valence electrons. The van der Waals surface area contributed by atoms with E-state index in [1.54, 1.807) is 6.20 Å². The largest absolute Gasteiger partial charge is 0.362 e. The molecule has 3 nitrogen and oxygen atoms in total. The van der Waals surface area contributed by atoms with E-state index in [2.05, 4.69) is 11.6 Å². The highest BCUT2D eigenvalue weighted by Crippen LogP contribution is 2.20. The van der Waals surface area contributed by atoms with E-state index in [0.717, 1.165) is 12.1 Å². The van der Waals surface area contributed by atoms with Gasteiger partial charge in [0.15, 0.2) is 0 Å². The van der Waals surface area contributed by atoms with E-state index in [1.807, 2.05) is 38.1 Å². The predicted molar refractivity (Wildman–Crippen MR) is 65.8 cm³/mol. The van der Waals surface area contributed by atoms with Crippen LogP contribution >= 0.6 is 0 Å². The first-order chi connectivity index (χ1) is 7.56. The molecule has 16 heavy (non-hydrogen) atoms. The van der Waals surface area contributed by atoms with Crippen LogP contribution < -0.4 is 5.73 Å². The van der Waals surface area contributed by atoms with Crippen molar-refractivity contribution in [3.05, 3.63) is 42.7 Å². The van der Waals surface area contributed by atoms with Crippen molar-refractivity contribution in [2.75, 3.05) is 6.61 Å². The molecule has 0 aliphatic rings. The maximum Gasteiger partial charge on any atom is 0.114 e. The van der Waals surface area contributed by atoms with Crippen molar-refractivity contribution >= 4 is 0 Å². The van der Waals surface area contributed by atoms with Gasteiger partial charge in [0.1, 0.15) is 6.23 Å². The van der Waals surface area contributed by atoms with E-state index in [1.165, 1.54) is 0 Å². The van der Waals surface area contributed by atoms with Crippen LogP contribution in [0.3, 0.4) is 0 Å². The molecule has 0 unspecified atom stereocenters. The molecule has 3 heteroatoms. The Hall–Kier alpha value is -1.19. The van der Waals surface area contributed by atoms with Crippen LogP contribution in [0, 0.1) is 5.41 Å². The lowest BCUT2D eigenvalue weighted by Crippen LogP contribution is -2.38. The van der Waals surface area contributed by atoms with Gasteiger partial charge in [0.2, 0.25) is 0 Å². The van der Waals surface area contributed by atoms with Crippen LogP contribution in [0.2, 0.25) is 0 Å². The molecular weight excluding hydrogens is 200 g/mol. The Morgan fingerprint density at radius 3 is 2.88 bits per heavy atom. The third-order valence-corrected chi connectivity index (χ3v) is 2.64. The van der Waals surface area contributed by atoms with Crippen LogP contribution in [-0.4, -0.2) is 17.8 Å². The van der Waals surface area contributed by atoms with Crippen LogP contribution in [0.4, 0.5) is 0 Å². The molecule has 2 N–H and O–H groups in total. The third-order valence-electron chi connectivity index (χ3n) is 2.64. The molecule has 0 radical (unpaired) electrons. The molecule has 0 saturated heterocycles. The first-order valence-corrected chi connectivity index (χ1v) is 5.47. The summed E-state index contributed by atoms with van der Waals surface area (Å²) in [5.74, 6) is 0. The topological polar surface area (TPSA) is 48.1 Å². The van der Waals surface area contributed by atoms with Gasteiger partial charge in [0.25, 0.3) is 0 Å². The fourth-order valence-electron chi connectivity index (χ4n) is 1.17. The van der Waals surface area contributed by atoms with Gasteiger partial charge in [-0.3, -0.25) is 4.98 Å². The zero-order valence-corrected chi connectivity index (χ0v) is 10.0. The molecule has 1 aromatic rings. The van der Waals surface area contributed by atoms with E-state index in [4.69, 9.17) is 10.5 Å². The minimum atomic E-state index is -0.325. The van der Waals surface area contributed by atoms with E-state index in [0.29, 0.717) is 6.61 Å². The number of nitrogens with two attached hydrogens (primary N) is 1. The highest BCUT2D eigenvalue weighted by Gasteiger charge is 2.23. The highest BCUT2D eigenvalue weighted by atomic mass is 16.5. The minimum Gasteiger partial charge on any atom is -0.362 e. The summed E-state index contributed by atoms with van der Waals surface area (Å²) in [6.45, 7) is 8.34. The Morgan fingerprint density at radius 2 is 2.31 bits per heavy atom. The lowest BCUT2D eigenvalue weighted by molar-refractivity contribution is 0.000482. The van der Waals surface area contributed by atoms with Gasteiger partial charge in [-0.05, 0) is 12.1 Å². The van der Waals surface area contributed by atoms with Crippen LogP contribution in [0.5, 0.6) is 0 Å². The van der Waals surface area contributed by atoms with E-state index in [-0.39, 0.29) is 11.6 Å². The molecule has 0 aliphatic heterocycles. The number of nitrogens with zero attached hydrogens (tertiary/aromatic N) is 1. The van der Waals surface area contributed by atoms with Gasteiger partial charge in [-0.25, -0.2) is 0 Å². The summed E-state index contributed by atoms with van der Waals surface area (Å²) < 4.78 is 5.57. The van der Waals surface area contributed by atoms with E-state index >= 15 is 0 Å². The SMILES string of the molecule is C=CC(C)(C)[C@H](N)OCCc1ccccn1. The van der Waals surface area contributed by atoms with Crippen molar-refractivity contribution in [1.82, 2.24) is 4.98 Å². The number of pyridine rings is 1. The Kier molecular flexibility index (Phi) is 4.65. The minimum absolute atomic E-state index is 0.204. The molecule has 1 heterocycles. The maximum absolute atomic E-state index is 5.91. The van der Waals surface area contributed by atoms with Gasteiger partial charge in [-0.2, -0.15) is 0 Å². The fourth-order valence-corrected chi connectivity index (χ4v) is 1.17. The molecular formula is C13H20N2O. The van der Waals surface area contributed by atoms with Crippen LogP contribution in [0.15, 0.2) is 37.1 Å². The Balaban J connectivity index is 2.34. The molecule has 1 aromatic heterocycles. The summed E-state index contributed by atoms with van der Waals surface area (Å²) in [7, 11) is 0. The molecule has 0 bridgehead atoms. The Morgan fingerprint density at radius 1 is 1.56 bits per heavy atom. The van der Waals surface area contributed by atoms with Gasteiger partial charge in [-0.1, -0.05) is 26.0 Å². The van der Waals surface area contributed by atoms with Gasteiger partial charge >= 0.3 is 0 Å². The van der Waals surface area contributed by atoms with Crippen molar-refractivity contribution in [2.24, 2.45) is 11.1 Å². The fraction of sp³-hybridized carbons (Fsp3) is 0.462. The lowest BCUT2D eigenvalue weighted by Gasteiger charge is -2.27. The second-order valence-electron chi connectivity index (χ2n) is 4.39. The standard InChI is InChI=1S/C13H20N2O/c1-4-13(2,3)12(14)16-10-8-11-7-5-6-9-15-11/h4-7,9,12H,1,8,10,14H2,2-3H3/t12-/m1/s1. The molecule has 1 rings (SSSR count). The zero-order chi connectivity index (χ0) is 12.0. The number of hydrogen-bond acceptors (Lipinski definition) is 3. The first-order valence-electron chi connectivity index (χ1n) is 5.47. The monoisotopic (exact) mass is 220 g/mol. The maximum atomic E-state index is 5.91. The molecule has 0 spiro atoms. The molecule has 0 fully saturated rings. The Bertz CT molecular complexity index is 322. The van der Waals surface area contributed by atoms with E-state index in [9.17, 15) is 0 Å². The second kappa shape index (κ2) is 5.77. The van der Waals surface area contributed by atoms with Crippen LogP contribution in [0.1, 0.15) is 19.5 Å². The van der Waals surface area contributed by atoms with Crippen LogP contribution in [-0.2, 0) is 11.2 Å². The van der Waals surface area contributed by atoms with Crippen molar-refractivity contribution in [2.45, 2.75) is 26.5 Å².